The number of ether oxygens (including phenoxy) is 2. The van der Waals surface area contributed by atoms with Gasteiger partial charge < -0.3 is 14.8 Å². The summed E-state index contributed by atoms with van der Waals surface area (Å²) in [5.74, 6) is -0.713. The highest BCUT2D eigenvalue weighted by atomic mass is 16.5. The first-order valence-electron chi connectivity index (χ1n) is 11.3. The van der Waals surface area contributed by atoms with Crippen molar-refractivity contribution in [2.24, 2.45) is 0 Å². The number of esters is 2. The maximum absolute atomic E-state index is 11.9. The third-order valence-corrected chi connectivity index (χ3v) is 5.11. The number of rotatable bonds is 15. The maximum atomic E-state index is 11.9. The fraction of sp³-hybridized carbons (Fsp3) is 0.500. The zero-order chi connectivity index (χ0) is 23.6. The van der Waals surface area contributed by atoms with Crippen LogP contribution in [0.25, 0.3) is 0 Å². The third kappa shape index (κ3) is 12.7. The second-order valence-electron chi connectivity index (χ2n) is 7.74. The van der Waals surface area contributed by atoms with Crippen LogP contribution in [0.2, 0.25) is 0 Å². The first-order valence-corrected chi connectivity index (χ1v) is 11.3. The smallest absolute Gasteiger partial charge is 0.330 e. The molecule has 1 atom stereocenters. The van der Waals surface area contributed by atoms with Gasteiger partial charge in [0.25, 0.3) is 0 Å². The van der Waals surface area contributed by atoms with Gasteiger partial charge in [-0.3, -0.25) is 9.59 Å². The molecule has 1 aromatic carbocycles. The Balaban J connectivity index is 2.58. The van der Waals surface area contributed by atoms with Gasteiger partial charge in [-0.25, -0.2) is 4.79 Å². The Bertz CT molecular complexity index is 755. The molecule has 0 aliphatic heterocycles. The van der Waals surface area contributed by atoms with Gasteiger partial charge in [0.15, 0.2) is 0 Å². The summed E-state index contributed by atoms with van der Waals surface area (Å²) in [5, 5.41) is 2.97. The number of nitrogens with one attached hydrogen (secondary N) is 1. The molecule has 0 aromatic heterocycles. The summed E-state index contributed by atoms with van der Waals surface area (Å²) >= 11 is 0. The molecular weight excluding hydrogens is 406 g/mol. The van der Waals surface area contributed by atoms with Gasteiger partial charge in [-0.2, -0.15) is 0 Å². The van der Waals surface area contributed by atoms with Crippen LogP contribution in [0.5, 0.6) is 0 Å². The minimum absolute atomic E-state index is 0.141. The number of carbonyl (C=O) groups is 3. The van der Waals surface area contributed by atoms with Gasteiger partial charge in [-0.05, 0) is 43.2 Å². The molecule has 6 heteroatoms. The monoisotopic (exact) mass is 443 g/mol. The van der Waals surface area contributed by atoms with Crippen LogP contribution in [0.1, 0.15) is 63.9 Å². The van der Waals surface area contributed by atoms with Gasteiger partial charge in [0.2, 0.25) is 5.91 Å². The molecule has 0 fully saturated rings. The van der Waals surface area contributed by atoms with E-state index in [0.29, 0.717) is 19.3 Å². The van der Waals surface area contributed by atoms with Crippen molar-refractivity contribution in [1.29, 1.82) is 0 Å². The molecule has 32 heavy (non-hydrogen) atoms. The van der Waals surface area contributed by atoms with E-state index in [9.17, 15) is 14.4 Å². The predicted octanol–water partition coefficient (Wildman–Crippen LogP) is 4.68. The van der Waals surface area contributed by atoms with Crippen molar-refractivity contribution < 1.29 is 23.9 Å². The van der Waals surface area contributed by atoms with E-state index in [-0.39, 0.29) is 17.9 Å². The van der Waals surface area contributed by atoms with Crippen LogP contribution < -0.4 is 5.32 Å². The lowest BCUT2D eigenvalue weighted by Crippen LogP contribution is -2.36. The second kappa shape index (κ2) is 16.8. The summed E-state index contributed by atoms with van der Waals surface area (Å²) in [7, 11) is 2.77. The lowest BCUT2D eigenvalue weighted by Gasteiger charge is -2.21. The van der Waals surface area contributed by atoms with Crippen LogP contribution in [0.4, 0.5) is 0 Å². The Morgan fingerprint density at radius 3 is 2.28 bits per heavy atom. The van der Waals surface area contributed by atoms with Crippen molar-refractivity contribution in [2.75, 3.05) is 14.2 Å². The van der Waals surface area contributed by atoms with Crippen LogP contribution in [-0.4, -0.2) is 38.1 Å². The van der Waals surface area contributed by atoms with Gasteiger partial charge in [0.05, 0.1) is 20.3 Å². The highest BCUT2D eigenvalue weighted by Gasteiger charge is 2.17. The molecule has 0 bridgehead atoms. The Morgan fingerprint density at radius 2 is 1.62 bits per heavy atom. The molecule has 0 aliphatic rings. The summed E-state index contributed by atoms with van der Waals surface area (Å²) in [6, 6.07) is 9.59. The number of amides is 1. The molecule has 6 nitrogen and oxygen atoms in total. The SMILES string of the molecule is COC(=O)/C=C(\C/C=C/CCCCCCCC(=O)OC)[C@H](Cc1ccccc1)NC(C)=O. The second-order valence-corrected chi connectivity index (χ2v) is 7.74. The topological polar surface area (TPSA) is 81.7 Å². The van der Waals surface area contributed by atoms with Crippen molar-refractivity contribution in [3.8, 4) is 0 Å². The van der Waals surface area contributed by atoms with E-state index >= 15 is 0 Å². The number of benzene rings is 1. The van der Waals surface area contributed by atoms with Crippen molar-refractivity contribution >= 4 is 17.8 Å². The Hall–Kier alpha value is -2.89. The van der Waals surface area contributed by atoms with E-state index in [1.807, 2.05) is 36.4 Å². The van der Waals surface area contributed by atoms with E-state index in [2.05, 4.69) is 16.1 Å². The third-order valence-electron chi connectivity index (χ3n) is 5.11. The summed E-state index contributed by atoms with van der Waals surface area (Å²) in [6.07, 6.45) is 13.4. The molecule has 1 rings (SSSR count). The first-order chi connectivity index (χ1) is 15.5. The summed E-state index contributed by atoms with van der Waals surface area (Å²) in [6.45, 7) is 1.48. The van der Waals surface area contributed by atoms with E-state index in [0.717, 1.165) is 49.7 Å². The predicted molar refractivity (Wildman–Crippen MR) is 126 cm³/mol. The lowest BCUT2D eigenvalue weighted by molar-refractivity contribution is -0.140. The standard InChI is InChI=1S/C26H37NO5/c1-21(28)27-24(19-22-15-11-10-12-16-22)23(20-26(30)32-3)17-13-8-6-4-5-7-9-14-18-25(29)31-2/h8,10-13,15-16,20,24H,4-7,9,14,17-19H2,1-3H3,(H,27,28)/b13-8+,23-20+/t24-/m0/s1. The van der Waals surface area contributed by atoms with Gasteiger partial charge >= 0.3 is 11.9 Å². The molecule has 1 N–H and O–H groups in total. The van der Waals surface area contributed by atoms with Crippen LogP contribution in [0.15, 0.2) is 54.1 Å². The molecule has 0 radical (unpaired) electrons. The number of unbranched alkanes of at least 4 members (excludes halogenated alkanes) is 5. The van der Waals surface area contributed by atoms with Crippen LogP contribution in [0, 0.1) is 0 Å². The zero-order valence-electron chi connectivity index (χ0n) is 19.6. The van der Waals surface area contributed by atoms with Crippen LogP contribution in [-0.2, 0) is 30.3 Å². The van der Waals surface area contributed by atoms with Crippen LogP contribution in [0.3, 0.4) is 0 Å². The zero-order valence-corrected chi connectivity index (χ0v) is 19.6. The van der Waals surface area contributed by atoms with E-state index in [1.54, 1.807) is 0 Å². The summed E-state index contributed by atoms with van der Waals surface area (Å²) in [5.41, 5.74) is 1.90. The highest BCUT2D eigenvalue weighted by molar-refractivity contribution is 5.83. The van der Waals surface area contributed by atoms with Crippen molar-refractivity contribution in [1.82, 2.24) is 5.32 Å². The maximum Gasteiger partial charge on any atom is 0.330 e. The van der Waals surface area contributed by atoms with Crippen molar-refractivity contribution in [3.63, 3.8) is 0 Å². The molecule has 176 valence electrons. The summed E-state index contributed by atoms with van der Waals surface area (Å²) in [4.78, 5) is 34.8. The van der Waals surface area contributed by atoms with E-state index in [1.165, 1.54) is 27.2 Å². The van der Waals surface area contributed by atoms with Crippen molar-refractivity contribution in [2.45, 2.75) is 70.8 Å². The van der Waals surface area contributed by atoms with Crippen molar-refractivity contribution in [3.05, 3.63) is 59.7 Å². The Kier molecular flexibility index (Phi) is 14.2. The fourth-order valence-corrected chi connectivity index (χ4v) is 3.38. The van der Waals surface area contributed by atoms with Gasteiger partial charge in [-0.1, -0.05) is 61.7 Å². The average molecular weight is 444 g/mol. The molecule has 0 saturated heterocycles. The minimum atomic E-state index is -0.427. The number of hydrogen-bond donors (Lipinski definition) is 1. The van der Waals surface area contributed by atoms with E-state index < -0.39 is 5.97 Å². The van der Waals surface area contributed by atoms with E-state index in [4.69, 9.17) is 4.74 Å². The summed E-state index contributed by atoms with van der Waals surface area (Å²) < 4.78 is 9.46. The molecule has 0 unspecified atom stereocenters. The number of carbonyl (C=O) groups excluding carboxylic acids is 3. The Labute approximate surface area is 192 Å². The number of allylic oxidation sites excluding steroid dienone is 2. The minimum Gasteiger partial charge on any atom is -0.469 e. The molecule has 1 amide bonds. The quantitative estimate of drug-likeness (QED) is 0.184. The average Bonchev–Trinajstić information content (AvgIpc) is 2.79. The normalized spacial score (nSPS) is 12.4. The lowest BCUT2D eigenvalue weighted by atomic mass is 9.95. The molecule has 0 spiro atoms. The Morgan fingerprint density at radius 1 is 0.938 bits per heavy atom. The first kappa shape index (κ1) is 27.1. The molecular formula is C26H37NO5. The van der Waals surface area contributed by atoms with Crippen LogP contribution >= 0.6 is 0 Å². The molecule has 0 heterocycles. The molecule has 1 aromatic rings. The number of methoxy groups -OCH3 is 2. The van der Waals surface area contributed by atoms with Gasteiger partial charge in [0.1, 0.15) is 0 Å². The molecule has 0 aliphatic carbocycles. The fourth-order valence-electron chi connectivity index (χ4n) is 3.38. The molecule has 0 saturated carbocycles. The largest absolute Gasteiger partial charge is 0.469 e. The number of hydrogen-bond acceptors (Lipinski definition) is 5. The highest BCUT2D eigenvalue weighted by Crippen LogP contribution is 2.16. The van der Waals surface area contributed by atoms with Gasteiger partial charge in [0, 0.05) is 19.4 Å². The van der Waals surface area contributed by atoms with Gasteiger partial charge in [-0.15, -0.1) is 0 Å².